The van der Waals surface area contributed by atoms with Crippen molar-refractivity contribution in [1.82, 2.24) is 19.2 Å². The van der Waals surface area contributed by atoms with E-state index in [2.05, 4.69) is 32.7 Å². The van der Waals surface area contributed by atoms with Gasteiger partial charge in [0.05, 0.1) is 50.1 Å². The number of aliphatic hydroxyl groups excluding tert-OH is 2. The monoisotopic (exact) mass is 692 g/mol. The molecule has 1 aliphatic rings. The third-order valence-electron chi connectivity index (χ3n) is 7.67. The molecule has 47 heavy (non-hydrogen) atoms. The fourth-order valence-electron chi connectivity index (χ4n) is 5.39. The van der Waals surface area contributed by atoms with Crippen LogP contribution in [0.15, 0.2) is 53.6 Å². The molecule has 2 aromatic carbocycles. The summed E-state index contributed by atoms with van der Waals surface area (Å²) in [7, 11) is 2.31. The molecule has 1 aromatic heterocycles. The summed E-state index contributed by atoms with van der Waals surface area (Å²) in [6.07, 6.45) is 3.43. The lowest BCUT2D eigenvalue weighted by Gasteiger charge is -2.28. The number of ether oxygens (including phenoxy) is 3. The second-order valence-corrected chi connectivity index (χ2v) is 14.2. The number of aliphatic hydroxyl groups is 2. The molecule has 1 heterocycles. The Kier molecular flexibility index (Phi) is 13.7. The topological polar surface area (TPSA) is 159 Å². The Balaban J connectivity index is 1.43. The highest BCUT2D eigenvalue weighted by molar-refractivity contribution is 7.89. The summed E-state index contributed by atoms with van der Waals surface area (Å²) in [4.78, 5) is 10.8. The second-order valence-electron chi connectivity index (χ2n) is 11.7. The molecular weight excluding hydrogens is 648 g/mol. The zero-order valence-corrected chi connectivity index (χ0v) is 28.8. The van der Waals surface area contributed by atoms with E-state index in [0.717, 1.165) is 35.7 Å². The third kappa shape index (κ3) is 10.5. The van der Waals surface area contributed by atoms with Gasteiger partial charge in [-0.05, 0) is 61.1 Å². The van der Waals surface area contributed by atoms with Gasteiger partial charge in [-0.3, -0.25) is 4.90 Å². The molecule has 4 N–H and O–H groups in total. The number of anilines is 4. The maximum atomic E-state index is 12.9. The van der Waals surface area contributed by atoms with E-state index in [0.29, 0.717) is 24.7 Å². The third-order valence-corrected chi connectivity index (χ3v) is 9.82. The zero-order valence-electron chi connectivity index (χ0n) is 27.2. The van der Waals surface area contributed by atoms with E-state index in [-0.39, 0.29) is 41.8 Å². The van der Waals surface area contributed by atoms with E-state index in [1.54, 1.807) is 18.2 Å². The average molecular weight is 693 g/mol. The maximum Gasteiger partial charge on any atom is 0.244 e. The van der Waals surface area contributed by atoms with Gasteiger partial charge in [0.2, 0.25) is 16.0 Å². The van der Waals surface area contributed by atoms with E-state index in [1.165, 1.54) is 51.7 Å². The molecule has 0 saturated carbocycles. The number of hydrogen-bond donors (Lipinski definition) is 4. The largest absolute Gasteiger partial charge is 0.389 e. The zero-order chi connectivity index (χ0) is 34.0. The van der Waals surface area contributed by atoms with E-state index in [9.17, 15) is 18.6 Å². The number of aromatic nitrogens is 2. The van der Waals surface area contributed by atoms with E-state index >= 15 is 0 Å². The van der Waals surface area contributed by atoms with Gasteiger partial charge in [-0.25, -0.2) is 17.7 Å². The van der Waals surface area contributed by atoms with E-state index in [1.807, 2.05) is 11.0 Å². The molecule has 15 heteroatoms. The Morgan fingerprint density at radius 3 is 2.40 bits per heavy atom. The summed E-state index contributed by atoms with van der Waals surface area (Å²) in [5.41, 5.74) is 3.52. The molecule has 0 amide bonds. The Labute approximate surface area is 281 Å². The number of hydrogen-bond acceptors (Lipinski definition) is 12. The quantitative estimate of drug-likeness (QED) is 0.121. The van der Waals surface area contributed by atoms with Crippen molar-refractivity contribution < 1.29 is 32.8 Å². The number of methoxy groups -OCH3 is 2. The van der Waals surface area contributed by atoms with Gasteiger partial charge in [-0.2, -0.15) is 4.98 Å². The van der Waals surface area contributed by atoms with Crippen LogP contribution in [0.25, 0.3) is 0 Å². The van der Waals surface area contributed by atoms with Gasteiger partial charge in [0.15, 0.2) is 5.82 Å². The summed E-state index contributed by atoms with van der Waals surface area (Å²) in [6.45, 7) is 1.25. The number of rotatable bonds is 17. The van der Waals surface area contributed by atoms with Crippen molar-refractivity contribution in [1.29, 1.82) is 0 Å². The second kappa shape index (κ2) is 17.5. The normalized spacial score (nSPS) is 16.5. The van der Waals surface area contributed by atoms with Gasteiger partial charge >= 0.3 is 0 Å². The minimum Gasteiger partial charge on any atom is -0.389 e. The van der Waals surface area contributed by atoms with Gasteiger partial charge in [-0.1, -0.05) is 29.8 Å². The number of para-hydroxylation sites is 1. The van der Waals surface area contributed by atoms with Crippen molar-refractivity contribution >= 4 is 44.8 Å². The highest BCUT2D eigenvalue weighted by Gasteiger charge is 2.23. The van der Waals surface area contributed by atoms with Crippen LogP contribution in [0.5, 0.6) is 0 Å². The van der Waals surface area contributed by atoms with Crippen molar-refractivity contribution in [3.63, 3.8) is 0 Å². The van der Waals surface area contributed by atoms with Crippen LogP contribution in [-0.2, 0) is 37.1 Å². The van der Waals surface area contributed by atoms with Crippen LogP contribution in [0.4, 0.5) is 23.1 Å². The van der Waals surface area contributed by atoms with Crippen molar-refractivity contribution in [2.75, 3.05) is 72.0 Å². The van der Waals surface area contributed by atoms with Crippen LogP contribution in [0.2, 0.25) is 5.02 Å². The number of sulfonamides is 1. The highest BCUT2D eigenvalue weighted by Crippen LogP contribution is 2.31. The molecular formula is C32H45ClN6O7S. The van der Waals surface area contributed by atoms with Crippen molar-refractivity contribution in [3.05, 3.63) is 64.8 Å². The summed E-state index contributed by atoms with van der Waals surface area (Å²) < 4.78 is 43.3. The lowest BCUT2D eigenvalue weighted by molar-refractivity contribution is -0.0660. The first-order valence-electron chi connectivity index (χ1n) is 15.4. The van der Waals surface area contributed by atoms with Crippen LogP contribution in [0.3, 0.4) is 0 Å². The Hall–Kier alpha value is -2.92. The number of benzene rings is 2. The van der Waals surface area contributed by atoms with Gasteiger partial charge in [-0.15, -0.1) is 0 Å². The minimum absolute atomic E-state index is 0.0240. The number of halogens is 1. The Morgan fingerprint density at radius 2 is 1.72 bits per heavy atom. The Bertz CT molecular complexity index is 1550. The fourth-order valence-corrected chi connectivity index (χ4v) is 6.56. The number of nitrogens with one attached hydrogen (secondary N) is 2. The van der Waals surface area contributed by atoms with Crippen LogP contribution < -0.4 is 10.6 Å². The first kappa shape index (κ1) is 36.9. The van der Waals surface area contributed by atoms with Crippen molar-refractivity contribution in [2.45, 2.75) is 48.9 Å². The summed E-state index contributed by atoms with van der Waals surface area (Å²) in [6, 6.07) is 12.7. The molecule has 13 nitrogen and oxygen atoms in total. The lowest BCUT2D eigenvalue weighted by Crippen LogP contribution is -2.42. The molecule has 3 atom stereocenters. The predicted octanol–water partition coefficient (Wildman–Crippen LogP) is 3.41. The molecule has 0 fully saturated rings. The van der Waals surface area contributed by atoms with Crippen molar-refractivity contribution in [2.24, 2.45) is 0 Å². The first-order chi connectivity index (χ1) is 22.5. The molecule has 0 spiro atoms. The van der Waals surface area contributed by atoms with Gasteiger partial charge in [0.1, 0.15) is 9.92 Å². The number of aryl methyl sites for hydroxylation is 1. The van der Waals surface area contributed by atoms with Gasteiger partial charge in [0.25, 0.3) is 0 Å². The molecule has 1 aliphatic carbocycles. The predicted molar refractivity (Wildman–Crippen MR) is 181 cm³/mol. The fraction of sp³-hybridized carbons (Fsp3) is 0.500. The van der Waals surface area contributed by atoms with Crippen LogP contribution in [-0.4, -0.2) is 117 Å². The molecule has 1 unspecified atom stereocenters. The standard InChI is InChI=1S/C32H45ClN6O7S/c1-38(2)47(42,43)30-11-6-5-10-29(30)36-31-28(33)16-34-32(37-31)35-24-13-12-23-15-27(9-7-8-22(23)14-24)46-21-39(17-25(40)19-44-3)18-26(41)20-45-4/h5-6,10-14,16,25-27,40-41H,7-9,15,17-21H2,1-4H3,(H2,34,35,36,37)/t25-,26-,27?/m1/s1. The molecule has 0 aliphatic heterocycles. The van der Waals surface area contributed by atoms with Gasteiger partial charge in [0, 0.05) is 47.1 Å². The SMILES string of the molecule is COC[C@H](O)CN(COC1CCCc2cc(Nc3ncc(Cl)c(Nc4ccccc4S(=O)(=O)N(C)C)n3)ccc2C1)C[C@@H](O)COC. The molecule has 0 saturated heterocycles. The molecule has 0 bridgehead atoms. The molecule has 0 radical (unpaired) electrons. The minimum atomic E-state index is -3.71. The van der Waals surface area contributed by atoms with E-state index < -0.39 is 22.2 Å². The molecule has 258 valence electrons. The van der Waals surface area contributed by atoms with Crippen LogP contribution in [0.1, 0.15) is 24.0 Å². The number of nitrogens with zero attached hydrogens (tertiary/aromatic N) is 4. The molecule has 3 aromatic rings. The molecule has 4 rings (SSSR count). The van der Waals surface area contributed by atoms with E-state index in [4.69, 9.17) is 25.8 Å². The highest BCUT2D eigenvalue weighted by atomic mass is 35.5. The maximum absolute atomic E-state index is 12.9. The number of fused-ring (bicyclic) bond motifs is 1. The summed E-state index contributed by atoms with van der Waals surface area (Å²) >= 11 is 6.40. The summed E-state index contributed by atoms with van der Waals surface area (Å²) in [5.74, 6) is 0.560. The van der Waals surface area contributed by atoms with Crippen LogP contribution in [0, 0.1) is 0 Å². The lowest BCUT2D eigenvalue weighted by atomic mass is 10.0. The first-order valence-corrected chi connectivity index (χ1v) is 17.2. The van der Waals surface area contributed by atoms with Gasteiger partial charge < -0.3 is 35.1 Å². The smallest absolute Gasteiger partial charge is 0.244 e. The average Bonchev–Trinajstić information content (AvgIpc) is 3.23. The Morgan fingerprint density at radius 1 is 1.02 bits per heavy atom. The summed E-state index contributed by atoms with van der Waals surface area (Å²) in [5, 5.41) is 27.1. The van der Waals surface area contributed by atoms with Crippen LogP contribution >= 0.6 is 11.6 Å². The van der Waals surface area contributed by atoms with Crippen molar-refractivity contribution in [3.8, 4) is 0 Å².